The zero-order valence-corrected chi connectivity index (χ0v) is 84.2. The number of nitrogens with one attached hydrogen (secondary N) is 6. The Morgan fingerprint density at radius 2 is 0.593 bits per heavy atom. The summed E-state index contributed by atoms with van der Waals surface area (Å²) in [5.41, 5.74) is 10.9. The van der Waals surface area contributed by atoms with Crippen LogP contribution >= 0.6 is 0 Å². The minimum Gasteiger partial charge on any atom is -0.401 e. The largest absolute Gasteiger partial charge is 0.573 e. The van der Waals surface area contributed by atoms with Crippen LogP contribution in [0.3, 0.4) is 0 Å². The highest BCUT2D eigenvalue weighted by Crippen LogP contribution is 2.40. The summed E-state index contributed by atoms with van der Waals surface area (Å²) >= 11 is 0. The number of sulfonamides is 6. The molecule has 7 aromatic rings. The van der Waals surface area contributed by atoms with Crippen molar-refractivity contribution in [3.8, 4) is 5.75 Å². The highest BCUT2D eigenvalue weighted by molar-refractivity contribution is 7.91. The summed E-state index contributed by atoms with van der Waals surface area (Å²) in [5.74, 6) is -1.18. The van der Waals surface area contributed by atoms with Gasteiger partial charge < -0.3 is 4.74 Å². The van der Waals surface area contributed by atoms with Crippen LogP contribution in [0.25, 0.3) is 10.8 Å². The molecule has 9 rings (SSSR count). The van der Waals surface area contributed by atoms with E-state index in [1.54, 1.807) is 44.3 Å². The summed E-state index contributed by atoms with van der Waals surface area (Å²) in [7, 11) is -21.9. The number of nitrogens with zero attached hydrogens (tertiary/aromatic N) is 1. The number of hydrogen-bond donors (Lipinski definition) is 6. The second-order valence-electron chi connectivity index (χ2n) is 40.1. The lowest BCUT2D eigenvalue weighted by atomic mass is 9.85. The van der Waals surface area contributed by atoms with Crippen LogP contribution in [0.5, 0.6) is 5.75 Å². The summed E-state index contributed by atoms with van der Waals surface area (Å²) in [4.78, 5) is 4.95. The summed E-state index contributed by atoms with van der Waals surface area (Å²) in [5, 5.41) is 1.91. The van der Waals surface area contributed by atoms with Gasteiger partial charge in [-0.1, -0.05) is 138 Å². The SMILES string of the molecule is CC(C)c1ccc(S(=O)(=O)NC(C)(C)C)c(OC(F)(F)F)c1F.CC(C)c1ccc(S(=O)(=O)NC(C)(C)C)c2c1CCC2.CC(C)c1ccc(S(=O)(=O)NC(C)(C)C)c2c1CCCC2.CC(C)c1ccc(S(=O)(=O)NC(C)(C)C)c2ccccc12.Cc1c(C(C)C)ccc(S(=O)(=O)NC(C)(C)C)c1C.Cc1c(C(C)C)cnc(S(=O)(=O)NC(C)(C)C)c1C. The van der Waals surface area contributed by atoms with Gasteiger partial charge in [0.2, 0.25) is 50.1 Å². The molecule has 1 aromatic heterocycles. The number of rotatable bonds is 19. The number of halogens is 4. The van der Waals surface area contributed by atoms with Crippen molar-refractivity contribution in [2.45, 2.75) is 385 Å². The normalized spacial score (nSPS) is 14.1. The smallest absolute Gasteiger partial charge is 0.401 e. The third kappa shape index (κ3) is 31.9. The van der Waals surface area contributed by atoms with Crippen molar-refractivity contribution in [1.82, 2.24) is 33.3 Å². The minimum atomic E-state index is -5.22. The summed E-state index contributed by atoms with van der Waals surface area (Å²) in [6.45, 7) is 64.3. The van der Waals surface area contributed by atoms with Crippen molar-refractivity contribution in [3.63, 3.8) is 0 Å². The van der Waals surface area contributed by atoms with E-state index in [1.807, 2.05) is 180 Å². The molecule has 1 heterocycles. The van der Waals surface area contributed by atoms with Crippen molar-refractivity contribution >= 4 is 70.9 Å². The lowest BCUT2D eigenvalue weighted by Crippen LogP contribution is -2.41. The van der Waals surface area contributed by atoms with Crippen LogP contribution in [-0.2, 0) is 85.8 Å². The zero-order valence-electron chi connectivity index (χ0n) is 79.3. The molecule has 123 heavy (non-hydrogen) atoms. The first-order valence-corrected chi connectivity index (χ1v) is 51.0. The van der Waals surface area contributed by atoms with Crippen LogP contribution in [0, 0.1) is 33.5 Å². The highest BCUT2D eigenvalue weighted by atomic mass is 32.2. The molecule has 0 saturated heterocycles. The second kappa shape index (κ2) is 41.4. The van der Waals surface area contributed by atoms with Gasteiger partial charge in [0.1, 0.15) is 4.90 Å². The van der Waals surface area contributed by atoms with Gasteiger partial charge in [0.15, 0.2) is 16.6 Å². The van der Waals surface area contributed by atoms with Gasteiger partial charge in [0.25, 0.3) is 10.0 Å². The Labute approximate surface area is 737 Å². The monoisotopic (exact) mass is 1830 g/mol. The lowest BCUT2D eigenvalue weighted by molar-refractivity contribution is -0.276. The fourth-order valence-electron chi connectivity index (χ4n) is 14.6. The van der Waals surface area contributed by atoms with E-state index in [9.17, 15) is 68.1 Å². The first-order valence-electron chi connectivity index (χ1n) is 42.1. The molecule has 6 N–H and O–H groups in total. The van der Waals surface area contributed by atoms with Crippen LogP contribution in [0.1, 0.15) is 340 Å². The number of benzene rings is 6. The summed E-state index contributed by atoms with van der Waals surface area (Å²) in [6.07, 6.45) is 3.48. The topological polar surface area (TPSA) is 299 Å². The minimum absolute atomic E-state index is 0.0704. The van der Waals surface area contributed by atoms with Crippen LogP contribution in [0.2, 0.25) is 0 Å². The van der Waals surface area contributed by atoms with Crippen molar-refractivity contribution in [1.29, 1.82) is 0 Å². The van der Waals surface area contributed by atoms with E-state index >= 15 is 0 Å². The van der Waals surface area contributed by atoms with Gasteiger partial charge >= 0.3 is 6.36 Å². The van der Waals surface area contributed by atoms with E-state index in [0.29, 0.717) is 49.2 Å². The van der Waals surface area contributed by atoms with E-state index in [4.69, 9.17) is 0 Å². The fourth-order valence-corrected chi connectivity index (χ4v) is 24.6. The maximum atomic E-state index is 14.4. The number of ether oxygens (including phenoxy) is 1. The van der Waals surface area contributed by atoms with Crippen molar-refractivity contribution < 1.29 is 72.8 Å². The molecule has 2 aliphatic carbocycles. The molecule has 692 valence electrons. The standard InChI is InChI=1S/C17H27NO2S.C17H23NO2S.C16H25NO2S.C15H25NO2S.C14H19F4NO3S.C14H24N2O2S/c2*1-12(2)13-10-11-16(15-9-7-6-8-14(13)15)21(19,20)18-17(3,4)5;1-11(2)12-9-10-15(14-8-6-7-13(12)14)20(18,19)17-16(3,4)5;1-10(2)13-8-9-14(12(4)11(13)3)19(17,18)16-15(5,6)7;1-8(2)9-6-7-10(23(20,21)19-13(3,4)5)12(11(9)15)22-14(16,17)18;1-9(2)12-8-15-13(11(4)10(12)3)19(17,18)16-14(5,6)7/h10-12,18H,6-9H2,1-5H3;6-12,18H,1-5H3;9-11,17H,6-8H2,1-5H3;8-10,16H,1-7H3;6-8,19H,1-5H3;8-9,16H,1-7H3. The Balaban J connectivity index is 0.000000310. The van der Waals surface area contributed by atoms with Gasteiger partial charge in [-0.2, -0.15) is 0 Å². The van der Waals surface area contributed by atoms with Crippen molar-refractivity contribution in [2.75, 3.05) is 0 Å². The van der Waals surface area contributed by atoms with E-state index in [-0.39, 0.29) is 10.6 Å². The average Bonchev–Trinajstić information content (AvgIpc) is 1.21. The van der Waals surface area contributed by atoms with Crippen LogP contribution < -0.4 is 33.1 Å². The van der Waals surface area contributed by atoms with Crippen LogP contribution in [0.15, 0.2) is 121 Å². The molecule has 0 radical (unpaired) electrons. The van der Waals surface area contributed by atoms with Gasteiger partial charge in [-0.3, -0.25) is 0 Å². The molecule has 0 fully saturated rings. The van der Waals surface area contributed by atoms with Gasteiger partial charge in [-0.05, 0) is 346 Å². The van der Waals surface area contributed by atoms with Gasteiger partial charge in [0, 0.05) is 44.8 Å². The average molecular weight is 1840 g/mol. The number of fused-ring (bicyclic) bond motifs is 3. The third-order valence-corrected chi connectivity index (χ3v) is 30.5. The lowest BCUT2D eigenvalue weighted by Gasteiger charge is -2.26. The summed E-state index contributed by atoms with van der Waals surface area (Å²) < 4.78 is 221. The maximum Gasteiger partial charge on any atom is 0.573 e. The molecule has 0 amide bonds. The zero-order chi connectivity index (χ0) is 95.0. The molecule has 0 atom stereocenters. The number of alkyl halides is 3. The van der Waals surface area contributed by atoms with Gasteiger partial charge in [-0.15, -0.1) is 13.2 Å². The molecule has 0 bridgehead atoms. The third-order valence-electron chi connectivity index (χ3n) is 19.5. The molecule has 0 unspecified atom stereocenters. The molecule has 0 saturated carbocycles. The number of hydrogen-bond acceptors (Lipinski definition) is 14. The predicted octanol–water partition coefficient (Wildman–Crippen LogP) is 21.5. The quantitative estimate of drug-likeness (QED) is 0.0410. The Hall–Kier alpha value is -6.29. The van der Waals surface area contributed by atoms with E-state index < -0.39 is 122 Å². The van der Waals surface area contributed by atoms with Crippen LogP contribution in [0.4, 0.5) is 17.6 Å². The molecule has 20 nitrogen and oxygen atoms in total. The molecule has 0 aliphatic heterocycles. The summed E-state index contributed by atoms with van der Waals surface area (Å²) in [6, 6.07) is 24.6. The Kier molecular flexibility index (Phi) is 36.7. The second-order valence-corrected chi connectivity index (χ2v) is 49.9. The maximum absolute atomic E-state index is 14.4. The van der Waals surface area contributed by atoms with Crippen molar-refractivity contribution in [3.05, 3.63) is 175 Å². The highest BCUT2D eigenvalue weighted by Gasteiger charge is 2.39. The molecule has 0 spiro atoms. The molecule has 2 aliphatic rings. The Bertz CT molecular complexity index is 5490. The first-order chi connectivity index (χ1) is 55.4. The van der Waals surface area contributed by atoms with Gasteiger partial charge in [0.05, 0.1) is 19.6 Å². The fraction of sp³-hybridized carbons (Fsp3) is 0.581. The molecule has 30 heteroatoms. The van der Waals surface area contributed by atoms with Gasteiger partial charge in [-0.25, -0.2) is 88.2 Å². The Morgan fingerprint density at radius 3 is 0.976 bits per heavy atom. The molecule has 6 aromatic carbocycles. The number of pyridine rings is 1. The van der Waals surface area contributed by atoms with Crippen molar-refractivity contribution in [2.24, 2.45) is 0 Å². The predicted molar refractivity (Wildman–Crippen MR) is 493 cm³/mol. The molecular formula is C93H143F4N7O13S6. The van der Waals surface area contributed by atoms with Crippen LogP contribution in [-0.4, -0.2) is 95.1 Å². The number of aromatic nitrogens is 1. The van der Waals surface area contributed by atoms with E-state index in [1.165, 1.54) is 54.2 Å². The molecular weight excluding hydrogens is 1690 g/mol. The Morgan fingerprint density at radius 1 is 0.309 bits per heavy atom. The van der Waals surface area contributed by atoms with E-state index in [0.717, 1.165) is 107 Å². The first kappa shape index (κ1) is 109. The van der Waals surface area contributed by atoms with E-state index in [2.05, 4.69) is 107 Å².